The third kappa shape index (κ3) is 1.58. The first-order valence-electron chi connectivity index (χ1n) is 4.51. The molecule has 1 aromatic carbocycles. The Kier molecular flexibility index (Phi) is 2.30. The fourth-order valence-electron chi connectivity index (χ4n) is 1.75. The number of anilines is 1. The molecule has 0 bridgehead atoms. The van der Waals surface area contributed by atoms with E-state index in [2.05, 4.69) is 35.0 Å². The minimum atomic E-state index is 0.452. The van der Waals surface area contributed by atoms with E-state index in [1.54, 1.807) is 0 Å². The van der Waals surface area contributed by atoms with Gasteiger partial charge in [-0.15, -0.1) is 0 Å². The van der Waals surface area contributed by atoms with Crippen LogP contribution < -0.4 is 10.9 Å². The Morgan fingerprint density at radius 1 is 1.54 bits per heavy atom. The van der Waals surface area contributed by atoms with Crippen LogP contribution in [0.4, 0.5) is 5.69 Å². The highest BCUT2D eigenvalue weighted by Gasteiger charge is 2.19. The number of benzene rings is 1. The fraction of sp³-hybridized carbons (Fsp3) is 0.400. The number of rotatable bonds is 0. The maximum absolute atomic E-state index is 5.96. The second-order valence-electron chi connectivity index (χ2n) is 3.57. The summed E-state index contributed by atoms with van der Waals surface area (Å²) < 4.78 is 1.13. The van der Waals surface area contributed by atoms with Crippen LogP contribution in [0.5, 0.6) is 0 Å². The second-order valence-corrected chi connectivity index (χ2v) is 4.48. The van der Waals surface area contributed by atoms with E-state index in [9.17, 15) is 0 Å². The SMILES string of the molecule is CC1CCc2cc(Br)ccc2N1N. The Labute approximate surface area is 86.8 Å². The van der Waals surface area contributed by atoms with Gasteiger partial charge in [0.2, 0.25) is 0 Å². The molecule has 0 aliphatic carbocycles. The monoisotopic (exact) mass is 240 g/mol. The second kappa shape index (κ2) is 3.31. The smallest absolute Gasteiger partial charge is 0.0553 e. The normalized spacial score (nSPS) is 21.5. The van der Waals surface area contributed by atoms with Crippen LogP contribution in [0.1, 0.15) is 18.9 Å². The molecule has 1 aliphatic heterocycles. The van der Waals surface area contributed by atoms with Gasteiger partial charge in [0, 0.05) is 10.5 Å². The van der Waals surface area contributed by atoms with Crippen LogP contribution in [-0.4, -0.2) is 6.04 Å². The molecule has 0 aromatic heterocycles. The predicted octanol–water partition coefficient (Wildman–Crippen LogP) is 2.46. The zero-order valence-corrected chi connectivity index (χ0v) is 9.21. The van der Waals surface area contributed by atoms with E-state index in [-0.39, 0.29) is 0 Å². The number of aryl methyl sites for hydroxylation is 1. The lowest BCUT2D eigenvalue weighted by Gasteiger charge is -2.33. The van der Waals surface area contributed by atoms with Crippen LogP contribution >= 0.6 is 15.9 Å². The van der Waals surface area contributed by atoms with Gasteiger partial charge in [-0.3, -0.25) is 0 Å². The maximum Gasteiger partial charge on any atom is 0.0553 e. The van der Waals surface area contributed by atoms with Crippen molar-refractivity contribution in [1.29, 1.82) is 0 Å². The van der Waals surface area contributed by atoms with Gasteiger partial charge >= 0.3 is 0 Å². The molecule has 1 heterocycles. The molecule has 0 radical (unpaired) electrons. The highest BCUT2D eigenvalue weighted by atomic mass is 79.9. The lowest BCUT2D eigenvalue weighted by molar-refractivity contribution is 0.574. The summed E-state index contributed by atoms with van der Waals surface area (Å²) in [5, 5.41) is 1.87. The quantitative estimate of drug-likeness (QED) is 0.707. The summed E-state index contributed by atoms with van der Waals surface area (Å²) in [4.78, 5) is 0. The van der Waals surface area contributed by atoms with Crippen molar-refractivity contribution in [2.45, 2.75) is 25.8 Å². The maximum atomic E-state index is 5.96. The van der Waals surface area contributed by atoms with Gasteiger partial charge in [-0.1, -0.05) is 15.9 Å². The summed E-state index contributed by atoms with van der Waals surface area (Å²) in [5.41, 5.74) is 2.51. The summed E-state index contributed by atoms with van der Waals surface area (Å²) in [7, 11) is 0. The Morgan fingerprint density at radius 2 is 2.31 bits per heavy atom. The molecule has 1 atom stereocenters. The average Bonchev–Trinajstić information content (AvgIpc) is 2.12. The minimum absolute atomic E-state index is 0.452. The molecular formula is C10H13BrN2. The van der Waals surface area contributed by atoms with Gasteiger partial charge < -0.3 is 5.01 Å². The lowest BCUT2D eigenvalue weighted by atomic mass is 9.98. The predicted molar refractivity (Wildman–Crippen MR) is 58.6 cm³/mol. The molecule has 2 N–H and O–H groups in total. The van der Waals surface area contributed by atoms with Crippen LogP contribution in [0, 0.1) is 0 Å². The highest BCUT2D eigenvalue weighted by molar-refractivity contribution is 9.10. The van der Waals surface area contributed by atoms with Crippen molar-refractivity contribution in [1.82, 2.24) is 0 Å². The molecule has 0 spiro atoms. The minimum Gasteiger partial charge on any atom is -0.308 e. The summed E-state index contributed by atoms with van der Waals surface area (Å²) in [6, 6.07) is 6.72. The third-order valence-electron chi connectivity index (χ3n) is 2.63. The van der Waals surface area contributed by atoms with Gasteiger partial charge in [0.15, 0.2) is 0 Å². The number of fused-ring (bicyclic) bond motifs is 1. The number of hydrogen-bond acceptors (Lipinski definition) is 2. The molecule has 0 saturated carbocycles. The van der Waals surface area contributed by atoms with Gasteiger partial charge in [-0.05, 0) is 43.5 Å². The largest absolute Gasteiger partial charge is 0.308 e. The van der Waals surface area contributed by atoms with Crippen LogP contribution in [0.15, 0.2) is 22.7 Å². The van der Waals surface area contributed by atoms with E-state index in [1.165, 1.54) is 11.3 Å². The zero-order valence-electron chi connectivity index (χ0n) is 7.63. The molecule has 1 aromatic rings. The van der Waals surface area contributed by atoms with Gasteiger partial charge in [-0.25, -0.2) is 5.84 Å². The summed E-state index contributed by atoms with van der Waals surface area (Å²) in [6.45, 7) is 2.16. The van der Waals surface area contributed by atoms with Crippen LogP contribution in [-0.2, 0) is 6.42 Å². The number of halogens is 1. The average molecular weight is 241 g/mol. The number of hydrazine groups is 1. The van der Waals surface area contributed by atoms with Crippen LogP contribution in [0.3, 0.4) is 0 Å². The van der Waals surface area contributed by atoms with Crippen LogP contribution in [0.2, 0.25) is 0 Å². The molecule has 2 rings (SSSR count). The Bertz CT molecular complexity index is 325. The van der Waals surface area contributed by atoms with Crippen LogP contribution in [0.25, 0.3) is 0 Å². The molecule has 0 fully saturated rings. The van der Waals surface area contributed by atoms with E-state index in [0.717, 1.165) is 17.3 Å². The van der Waals surface area contributed by atoms with E-state index in [1.807, 2.05) is 11.1 Å². The lowest BCUT2D eigenvalue weighted by Crippen LogP contribution is -2.42. The summed E-state index contributed by atoms with van der Waals surface area (Å²) in [6.07, 6.45) is 2.27. The van der Waals surface area contributed by atoms with E-state index >= 15 is 0 Å². The molecule has 1 aliphatic rings. The first kappa shape index (κ1) is 9.03. The zero-order chi connectivity index (χ0) is 9.42. The Morgan fingerprint density at radius 3 is 3.08 bits per heavy atom. The summed E-state index contributed by atoms with van der Waals surface area (Å²) in [5.74, 6) is 5.96. The first-order chi connectivity index (χ1) is 6.18. The number of nitrogens with two attached hydrogens (primary N) is 1. The molecule has 13 heavy (non-hydrogen) atoms. The van der Waals surface area contributed by atoms with Gasteiger partial charge in [0.05, 0.1) is 5.69 Å². The van der Waals surface area contributed by atoms with Gasteiger partial charge in [0.25, 0.3) is 0 Å². The first-order valence-corrected chi connectivity index (χ1v) is 5.30. The topological polar surface area (TPSA) is 29.3 Å². The van der Waals surface area contributed by atoms with Crippen molar-refractivity contribution in [3.05, 3.63) is 28.2 Å². The standard InChI is InChI=1S/C10H13BrN2/c1-7-2-3-8-6-9(11)4-5-10(8)13(7)12/h4-7H,2-3,12H2,1H3. The Balaban J connectivity index is 2.44. The van der Waals surface area contributed by atoms with Crippen molar-refractivity contribution >= 4 is 21.6 Å². The van der Waals surface area contributed by atoms with E-state index in [0.29, 0.717) is 6.04 Å². The molecule has 3 heteroatoms. The highest BCUT2D eigenvalue weighted by Crippen LogP contribution is 2.30. The van der Waals surface area contributed by atoms with Crippen molar-refractivity contribution in [2.75, 3.05) is 5.01 Å². The number of hydrogen-bond donors (Lipinski definition) is 1. The number of nitrogens with zero attached hydrogens (tertiary/aromatic N) is 1. The van der Waals surface area contributed by atoms with Gasteiger partial charge in [-0.2, -0.15) is 0 Å². The van der Waals surface area contributed by atoms with Crippen molar-refractivity contribution in [2.24, 2.45) is 5.84 Å². The molecule has 2 nitrogen and oxygen atoms in total. The third-order valence-corrected chi connectivity index (χ3v) is 3.12. The van der Waals surface area contributed by atoms with Crippen molar-refractivity contribution < 1.29 is 0 Å². The van der Waals surface area contributed by atoms with Crippen molar-refractivity contribution in [3.63, 3.8) is 0 Å². The molecular weight excluding hydrogens is 228 g/mol. The molecule has 0 amide bonds. The summed E-state index contributed by atoms with van der Waals surface area (Å²) >= 11 is 3.47. The molecule has 0 saturated heterocycles. The van der Waals surface area contributed by atoms with E-state index in [4.69, 9.17) is 5.84 Å². The molecule has 70 valence electrons. The van der Waals surface area contributed by atoms with Gasteiger partial charge in [0.1, 0.15) is 0 Å². The molecule has 1 unspecified atom stereocenters. The Hall–Kier alpha value is -0.540. The van der Waals surface area contributed by atoms with Crippen molar-refractivity contribution in [3.8, 4) is 0 Å². The van der Waals surface area contributed by atoms with E-state index < -0.39 is 0 Å². The fourth-order valence-corrected chi connectivity index (χ4v) is 2.16.